The van der Waals surface area contributed by atoms with Gasteiger partial charge in [-0.2, -0.15) is 0 Å². The molecule has 2 aliphatic rings. The Kier molecular flexibility index (Phi) is 9.07. The van der Waals surface area contributed by atoms with Crippen molar-refractivity contribution in [3.8, 4) is 23.0 Å². The zero-order chi connectivity index (χ0) is 30.3. The number of hydrogen-bond donors (Lipinski definition) is 0. The number of likely N-dealkylation sites (tertiary alicyclic amines) is 1. The first-order chi connectivity index (χ1) is 21.5. The van der Waals surface area contributed by atoms with E-state index in [9.17, 15) is 9.59 Å². The molecular formula is C34H35N3O7. The van der Waals surface area contributed by atoms with Gasteiger partial charge >= 0.3 is 5.97 Å². The van der Waals surface area contributed by atoms with Gasteiger partial charge in [0.15, 0.2) is 17.2 Å². The number of piperidine rings is 1. The van der Waals surface area contributed by atoms with Crippen molar-refractivity contribution in [3.63, 3.8) is 0 Å². The minimum absolute atomic E-state index is 0.173. The maximum absolute atomic E-state index is 13.2. The van der Waals surface area contributed by atoms with E-state index in [1.165, 1.54) is 6.26 Å². The monoisotopic (exact) mass is 597 g/mol. The molecule has 1 aromatic heterocycles. The number of ether oxygens (including phenoxy) is 4. The van der Waals surface area contributed by atoms with Crippen LogP contribution in [0.4, 0.5) is 0 Å². The summed E-state index contributed by atoms with van der Waals surface area (Å²) in [5, 5.41) is 0. The fraction of sp³-hybridized carbons (Fsp3) is 0.324. The van der Waals surface area contributed by atoms with Crippen molar-refractivity contribution in [1.29, 1.82) is 0 Å². The van der Waals surface area contributed by atoms with E-state index >= 15 is 0 Å². The van der Waals surface area contributed by atoms with Crippen LogP contribution < -0.4 is 14.2 Å². The van der Waals surface area contributed by atoms with Gasteiger partial charge in [0.25, 0.3) is 5.91 Å². The lowest BCUT2D eigenvalue weighted by molar-refractivity contribution is -0.149. The first kappa shape index (κ1) is 29.3. The Balaban J connectivity index is 1.15. The average Bonchev–Trinajstić information content (AvgIpc) is 3.71. The predicted octanol–water partition coefficient (Wildman–Crippen LogP) is 5.81. The summed E-state index contributed by atoms with van der Waals surface area (Å²) in [6, 6.07) is 23.5. The molecule has 4 aromatic rings. The van der Waals surface area contributed by atoms with Gasteiger partial charge in [-0.25, -0.2) is 4.98 Å². The lowest BCUT2D eigenvalue weighted by Crippen LogP contribution is -2.40. The van der Waals surface area contributed by atoms with Gasteiger partial charge in [-0.05, 0) is 67.3 Å². The highest BCUT2D eigenvalue weighted by atomic mass is 16.7. The summed E-state index contributed by atoms with van der Waals surface area (Å²) in [7, 11) is 0. The normalized spacial score (nSPS) is 14.5. The Hall–Kier alpha value is -4.83. The molecule has 10 nitrogen and oxygen atoms in total. The fourth-order valence-electron chi connectivity index (χ4n) is 5.47. The summed E-state index contributed by atoms with van der Waals surface area (Å²) in [6.07, 6.45) is 2.57. The number of amides is 1. The fourth-order valence-corrected chi connectivity index (χ4v) is 5.47. The molecule has 0 unspecified atom stereocenters. The summed E-state index contributed by atoms with van der Waals surface area (Å²) in [4.78, 5) is 33.8. The van der Waals surface area contributed by atoms with E-state index in [1.807, 2.05) is 66.7 Å². The molecule has 0 radical (unpaired) electrons. The third-order valence-electron chi connectivity index (χ3n) is 7.66. The van der Waals surface area contributed by atoms with E-state index in [0.717, 1.165) is 34.1 Å². The van der Waals surface area contributed by atoms with Crippen molar-refractivity contribution in [1.82, 2.24) is 14.8 Å². The van der Waals surface area contributed by atoms with Crippen LogP contribution in [-0.4, -0.2) is 53.1 Å². The number of oxazole rings is 1. The van der Waals surface area contributed by atoms with Crippen molar-refractivity contribution in [2.75, 3.05) is 26.5 Å². The minimum atomic E-state index is -0.199. The van der Waals surface area contributed by atoms with E-state index in [4.69, 9.17) is 23.4 Å². The zero-order valence-corrected chi connectivity index (χ0v) is 24.6. The molecule has 3 heterocycles. The predicted molar refractivity (Wildman–Crippen MR) is 160 cm³/mol. The molecule has 1 fully saturated rings. The molecule has 0 aliphatic carbocycles. The van der Waals surface area contributed by atoms with Crippen LogP contribution in [0, 0.1) is 5.92 Å². The quantitative estimate of drug-likeness (QED) is 0.198. The summed E-state index contributed by atoms with van der Waals surface area (Å²) < 4.78 is 28.1. The number of esters is 1. The summed E-state index contributed by atoms with van der Waals surface area (Å²) in [6.45, 7) is 4.84. The highest BCUT2D eigenvalue weighted by Crippen LogP contribution is 2.33. The highest BCUT2D eigenvalue weighted by Gasteiger charge is 2.30. The van der Waals surface area contributed by atoms with E-state index < -0.39 is 0 Å². The van der Waals surface area contributed by atoms with Crippen molar-refractivity contribution < 1.29 is 33.0 Å². The van der Waals surface area contributed by atoms with Gasteiger partial charge in [-0.15, -0.1) is 0 Å². The SMILES string of the molecule is CCOC(=O)C1CCN(C(=O)c2coc(CN(Cc3cccc(Oc4ccccc4)c3)Cc3ccc4c(c3)OCO4)n2)CC1. The lowest BCUT2D eigenvalue weighted by Gasteiger charge is -2.30. The van der Waals surface area contributed by atoms with Crippen LogP contribution in [0.15, 0.2) is 83.5 Å². The second kappa shape index (κ2) is 13.6. The highest BCUT2D eigenvalue weighted by molar-refractivity contribution is 5.92. The number of para-hydroxylation sites is 1. The van der Waals surface area contributed by atoms with Gasteiger partial charge in [0.1, 0.15) is 17.8 Å². The number of aromatic nitrogens is 1. The van der Waals surface area contributed by atoms with E-state index in [2.05, 4.69) is 16.0 Å². The first-order valence-electron chi connectivity index (χ1n) is 14.9. The van der Waals surface area contributed by atoms with Gasteiger partial charge in [-0.1, -0.05) is 36.4 Å². The van der Waals surface area contributed by atoms with Crippen LogP contribution in [0.2, 0.25) is 0 Å². The largest absolute Gasteiger partial charge is 0.466 e. The maximum atomic E-state index is 13.2. The molecule has 2 aliphatic heterocycles. The number of carbonyl (C=O) groups excluding carboxylic acids is 2. The van der Waals surface area contributed by atoms with Gasteiger partial charge in [0.05, 0.1) is 19.1 Å². The summed E-state index contributed by atoms with van der Waals surface area (Å²) in [5.41, 5.74) is 2.35. The Morgan fingerprint density at radius 1 is 0.886 bits per heavy atom. The maximum Gasteiger partial charge on any atom is 0.309 e. The van der Waals surface area contributed by atoms with Crippen molar-refractivity contribution >= 4 is 11.9 Å². The smallest absolute Gasteiger partial charge is 0.309 e. The van der Waals surface area contributed by atoms with Crippen LogP contribution in [-0.2, 0) is 29.2 Å². The van der Waals surface area contributed by atoms with Crippen molar-refractivity contribution in [2.45, 2.75) is 39.4 Å². The van der Waals surface area contributed by atoms with Crippen molar-refractivity contribution in [3.05, 3.63) is 102 Å². The van der Waals surface area contributed by atoms with Crippen LogP contribution in [0.5, 0.6) is 23.0 Å². The molecule has 1 saturated heterocycles. The standard InChI is InChI=1S/C34H35N3O7/c1-2-40-34(39)26-13-15-37(16-14-26)33(38)29-22-41-32(35-29)21-36(20-25-11-12-30-31(18-25)43-23-42-30)19-24-7-6-10-28(17-24)44-27-8-4-3-5-9-27/h3-12,17-18,22,26H,2,13-16,19-21,23H2,1H3. The Bertz CT molecular complexity index is 1580. The molecule has 0 N–H and O–H groups in total. The molecule has 0 saturated carbocycles. The third-order valence-corrected chi connectivity index (χ3v) is 7.66. The van der Waals surface area contributed by atoms with Gasteiger partial charge in [0.2, 0.25) is 12.7 Å². The molecule has 6 rings (SSSR count). The van der Waals surface area contributed by atoms with Crippen LogP contribution >= 0.6 is 0 Å². The number of rotatable bonds is 11. The summed E-state index contributed by atoms with van der Waals surface area (Å²) in [5.74, 6) is 2.83. The number of benzene rings is 3. The van der Waals surface area contributed by atoms with E-state index in [1.54, 1.807) is 11.8 Å². The zero-order valence-electron chi connectivity index (χ0n) is 24.6. The molecular weight excluding hydrogens is 562 g/mol. The second-order valence-corrected chi connectivity index (χ2v) is 10.8. The molecule has 10 heteroatoms. The second-order valence-electron chi connectivity index (χ2n) is 10.8. The molecule has 0 spiro atoms. The number of hydrogen-bond acceptors (Lipinski definition) is 9. The minimum Gasteiger partial charge on any atom is -0.466 e. The Morgan fingerprint density at radius 2 is 1.64 bits per heavy atom. The lowest BCUT2D eigenvalue weighted by atomic mass is 9.97. The van der Waals surface area contributed by atoms with Crippen LogP contribution in [0.25, 0.3) is 0 Å². The molecule has 0 atom stereocenters. The van der Waals surface area contributed by atoms with Gasteiger partial charge in [-0.3, -0.25) is 14.5 Å². The van der Waals surface area contributed by atoms with Crippen LogP contribution in [0.1, 0.15) is 47.3 Å². The first-order valence-corrected chi connectivity index (χ1v) is 14.9. The number of nitrogens with zero attached hydrogens (tertiary/aromatic N) is 3. The number of carbonyl (C=O) groups is 2. The number of fused-ring (bicyclic) bond motifs is 1. The average molecular weight is 598 g/mol. The summed E-state index contributed by atoms with van der Waals surface area (Å²) >= 11 is 0. The van der Waals surface area contributed by atoms with E-state index in [-0.39, 0.29) is 30.3 Å². The van der Waals surface area contributed by atoms with E-state index in [0.29, 0.717) is 58.1 Å². The molecule has 228 valence electrons. The third kappa shape index (κ3) is 7.20. The molecule has 44 heavy (non-hydrogen) atoms. The topological polar surface area (TPSA) is 104 Å². The van der Waals surface area contributed by atoms with Gasteiger partial charge in [0, 0.05) is 26.2 Å². The van der Waals surface area contributed by atoms with Crippen LogP contribution in [0.3, 0.4) is 0 Å². The Morgan fingerprint density at radius 3 is 2.43 bits per heavy atom. The van der Waals surface area contributed by atoms with Crippen molar-refractivity contribution in [2.24, 2.45) is 5.92 Å². The molecule has 3 aromatic carbocycles. The molecule has 0 bridgehead atoms. The molecule has 1 amide bonds. The Labute approximate surface area is 256 Å². The van der Waals surface area contributed by atoms with Gasteiger partial charge < -0.3 is 28.3 Å².